The van der Waals surface area contributed by atoms with Crippen molar-refractivity contribution in [1.82, 2.24) is 10.1 Å². The standard InChI is InChI=1S/C13H20N2O4/c1-4-13(2,18-3)12-14-10(19-15-12)8-6-5-7-9(8)11(16)17/h8-9H,4-7H2,1-3H3,(H,16,17). The van der Waals surface area contributed by atoms with Crippen molar-refractivity contribution in [2.75, 3.05) is 7.11 Å². The number of nitrogens with zero attached hydrogens (tertiary/aromatic N) is 2. The number of carboxylic acids is 1. The van der Waals surface area contributed by atoms with Crippen molar-refractivity contribution < 1.29 is 19.2 Å². The van der Waals surface area contributed by atoms with Gasteiger partial charge in [-0.15, -0.1) is 0 Å². The molecule has 0 aromatic carbocycles. The Hall–Kier alpha value is -1.43. The van der Waals surface area contributed by atoms with Gasteiger partial charge in [0.2, 0.25) is 11.7 Å². The number of aliphatic carboxylic acids is 1. The Morgan fingerprint density at radius 2 is 2.32 bits per heavy atom. The zero-order valence-electron chi connectivity index (χ0n) is 11.5. The monoisotopic (exact) mass is 268 g/mol. The van der Waals surface area contributed by atoms with Gasteiger partial charge in [-0.3, -0.25) is 4.79 Å². The molecule has 1 heterocycles. The molecule has 1 saturated carbocycles. The molecule has 3 unspecified atom stereocenters. The lowest BCUT2D eigenvalue weighted by molar-refractivity contribution is -0.142. The van der Waals surface area contributed by atoms with Gasteiger partial charge in [-0.1, -0.05) is 18.5 Å². The van der Waals surface area contributed by atoms with E-state index < -0.39 is 17.5 Å². The molecule has 6 nitrogen and oxygen atoms in total. The van der Waals surface area contributed by atoms with Crippen LogP contribution in [-0.2, 0) is 15.1 Å². The van der Waals surface area contributed by atoms with E-state index in [0.29, 0.717) is 18.1 Å². The van der Waals surface area contributed by atoms with Gasteiger partial charge in [0.25, 0.3) is 0 Å². The molecule has 0 saturated heterocycles. The van der Waals surface area contributed by atoms with Crippen LogP contribution in [0.15, 0.2) is 4.52 Å². The molecule has 0 aliphatic heterocycles. The van der Waals surface area contributed by atoms with E-state index in [9.17, 15) is 9.90 Å². The van der Waals surface area contributed by atoms with Crippen LogP contribution in [-0.4, -0.2) is 28.3 Å². The largest absolute Gasteiger partial charge is 0.481 e. The fourth-order valence-electron chi connectivity index (χ4n) is 2.55. The van der Waals surface area contributed by atoms with E-state index in [0.717, 1.165) is 19.3 Å². The van der Waals surface area contributed by atoms with E-state index in [1.165, 1.54) is 0 Å². The number of carbonyl (C=O) groups is 1. The molecule has 0 bridgehead atoms. The number of rotatable bonds is 5. The summed E-state index contributed by atoms with van der Waals surface area (Å²) in [4.78, 5) is 15.6. The third-order valence-corrected chi connectivity index (χ3v) is 4.19. The van der Waals surface area contributed by atoms with E-state index in [-0.39, 0.29) is 5.92 Å². The topological polar surface area (TPSA) is 85.5 Å². The number of carboxylic acid groups (broad SMARTS) is 1. The number of ether oxygens (including phenoxy) is 1. The molecule has 2 rings (SSSR count). The van der Waals surface area contributed by atoms with E-state index in [1.54, 1.807) is 7.11 Å². The van der Waals surface area contributed by atoms with Gasteiger partial charge in [0.1, 0.15) is 5.60 Å². The molecule has 1 N–H and O–H groups in total. The van der Waals surface area contributed by atoms with Gasteiger partial charge in [-0.2, -0.15) is 4.98 Å². The summed E-state index contributed by atoms with van der Waals surface area (Å²) in [5.74, 6) is -0.451. The molecule has 3 atom stereocenters. The first kappa shape index (κ1) is 14.0. The quantitative estimate of drug-likeness (QED) is 0.882. The summed E-state index contributed by atoms with van der Waals surface area (Å²) >= 11 is 0. The van der Waals surface area contributed by atoms with E-state index in [1.807, 2.05) is 13.8 Å². The summed E-state index contributed by atoms with van der Waals surface area (Å²) in [6, 6.07) is 0. The lowest BCUT2D eigenvalue weighted by Gasteiger charge is -2.21. The number of methoxy groups -OCH3 is 1. The van der Waals surface area contributed by atoms with Gasteiger partial charge in [-0.05, 0) is 26.2 Å². The van der Waals surface area contributed by atoms with Crippen molar-refractivity contribution in [3.63, 3.8) is 0 Å². The highest BCUT2D eigenvalue weighted by Crippen LogP contribution is 2.39. The summed E-state index contributed by atoms with van der Waals surface area (Å²) in [5, 5.41) is 13.2. The van der Waals surface area contributed by atoms with Gasteiger partial charge in [-0.25, -0.2) is 0 Å². The molecular formula is C13H20N2O4. The first-order valence-electron chi connectivity index (χ1n) is 6.64. The highest BCUT2D eigenvalue weighted by Gasteiger charge is 2.39. The molecule has 106 valence electrons. The second-order valence-corrected chi connectivity index (χ2v) is 5.23. The zero-order chi connectivity index (χ0) is 14.0. The van der Waals surface area contributed by atoms with Crippen LogP contribution in [0.25, 0.3) is 0 Å². The third-order valence-electron chi connectivity index (χ3n) is 4.19. The predicted octanol–water partition coefficient (Wildman–Crippen LogP) is 2.31. The average molecular weight is 268 g/mol. The van der Waals surface area contributed by atoms with Crippen LogP contribution in [0.5, 0.6) is 0 Å². The minimum absolute atomic E-state index is 0.170. The van der Waals surface area contributed by atoms with Crippen LogP contribution in [0.4, 0.5) is 0 Å². The van der Waals surface area contributed by atoms with Crippen LogP contribution in [0, 0.1) is 5.92 Å². The Morgan fingerprint density at radius 3 is 2.89 bits per heavy atom. The molecule has 0 amide bonds. The predicted molar refractivity (Wildman–Crippen MR) is 66.7 cm³/mol. The number of hydrogen-bond acceptors (Lipinski definition) is 5. The van der Waals surface area contributed by atoms with Crippen LogP contribution < -0.4 is 0 Å². The first-order valence-corrected chi connectivity index (χ1v) is 6.64. The summed E-state index contributed by atoms with van der Waals surface area (Å²) in [5.41, 5.74) is -0.584. The van der Waals surface area contributed by atoms with Crippen LogP contribution >= 0.6 is 0 Å². The molecule has 1 fully saturated rings. The van der Waals surface area contributed by atoms with E-state index in [4.69, 9.17) is 9.26 Å². The zero-order valence-corrected chi connectivity index (χ0v) is 11.5. The molecule has 1 aliphatic carbocycles. The van der Waals surface area contributed by atoms with Crippen LogP contribution in [0.1, 0.15) is 57.2 Å². The molecule has 1 aromatic rings. The maximum Gasteiger partial charge on any atom is 0.307 e. The minimum atomic E-state index is -0.785. The van der Waals surface area contributed by atoms with Gasteiger partial charge >= 0.3 is 5.97 Å². The second-order valence-electron chi connectivity index (χ2n) is 5.23. The molecule has 6 heteroatoms. The average Bonchev–Trinajstić information content (AvgIpc) is 3.05. The Kier molecular flexibility index (Phi) is 3.89. The number of hydrogen-bond donors (Lipinski definition) is 1. The first-order chi connectivity index (χ1) is 9.01. The smallest absolute Gasteiger partial charge is 0.307 e. The van der Waals surface area contributed by atoms with Crippen molar-refractivity contribution in [3.05, 3.63) is 11.7 Å². The normalized spacial score (nSPS) is 26.3. The fourth-order valence-corrected chi connectivity index (χ4v) is 2.55. The fraction of sp³-hybridized carbons (Fsp3) is 0.769. The van der Waals surface area contributed by atoms with Crippen molar-refractivity contribution in [2.24, 2.45) is 5.92 Å². The molecule has 1 aromatic heterocycles. The highest BCUT2D eigenvalue weighted by molar-refractivity contribution is 5.71. The molecule has 1 aliphatic rings. The van der Waals surface area contributed by atoms with Gasteiger partial charge in [0, 0.05) is 7.11 Å². The Morgan fingerprint density at radius 1 is 1.58 bits per heavy atom. The maximum absolute atomic E-state index is 11.2. The molecule has 0 radical (unpaired) electrons. The van der Waals surface area contributed by atoms with Gasteiger partial charge in [0.05, 0.1) is 11.8 Å². The minimum Gasteiger partial charge on any atom is -0.481 e. The highest BCUT2D eigenvalue weighted by atomic mass is 16.5. The number of aromatic nitrogens is 2. The Labute approximate surface area is 112 Å². The summed E-state index contributed by atoms with van der Waals surface area (Å²) in [6.07, 6.45) is 3.06. The van der Waals surface area contributed by atoms with Gasteiger partial charge < -0.3 is 14.4 Å². The Balaban J connectivity index is 2.24. The lowest BCUT2D eigenvalue weighted by atomic mass is 9.96. The van der Waals surface area contributed by atoms with E-state index in [2.05, 4.69) is 10.1 Å². The molecule has 19 heavy (non-hydrogen) atoms. The van der Waals surface area contributed by atoms with Crippen molar-refractivity contribution in [3.8, 4) is 0 Å². The summed E-state index contributed by atoms with van der Waals surface area (Å²) < 4.78 is 10.7. The SMILES string of the molecule is CCC(C)(OC)c1noc(C2CCCC2C(=O)O)n1. The maximum atomic E-state index is 11.2. The van der Waals surface area contributed by atoms with Crippen LogP contribution in [0.3, 0.4) is 0 Å². The Bertz CT molecular complexity index is 453. The van der Waals surface area contributed by atoms with E-state index >= 15 is 0 Å². The van der Waals surface area contributed by atoms with Gasteiger partial charge in [0.15, 0.2) is 0 Å². The van der Waals surface area contributed by atoms with Crippen LogP contribution in [0.2, 0.25) is 0 Å². The summed E-state index contributed by atoms with van der Waals surface area (Å²) in [7, 11) is 1.61. The molecule has 0 spiro atoms. The van der Waals surface area contributed by atoms with Crippen molar-refractivity contribution in [2.45, 2.75) is 51.0 Å². The third kappa shape index (κ3) is 2.49. The lowest BCUT2D eigenvalue weighted by Crippen LogP contribution is -2.25. The van der Waals surface area contributed by atoms with Crippen molar-refractivity contribution >= 4 is 5.97 Å². The second kappa shape index (κ2) is 5.28. The van der Waals surface area contributed by atoms with Crippen molar-refractivity contribution in [1.29, 1.82) is 0 Å². The molecular weight excluding hydrogens is 248 g/mol. The summed E-state index contributed by atoms with van der Waals surface area (Å²) in [6.45, 7) is 3.88.